The van der Waals surface area contributed by atoms with Gasteiger partial charge in [0.2, 0.25) is 0 Å². The first-order valence-electron chi connectivity index (χ1n) is 8.72. The molecule has 0 aromatic heterocycles. The van der Waals surface area contributed by atoms with Gasteiger partial charge < -0.3 is 15.2 Å². The number of halogens is 1. The molecule has 138 valence electrons. The number of rotatable bonds is 3. The Kier molecular flexibility index (Phi) is 4.52. The molecule has 5 nitrogen and oxygen atoms in total. The molecule has 2 aromatic rings. The largest absolute Gasteiger partial charge is 0.478 e. The highest BCUT2D eigenvalue weighted by atomic mass is 79.9. The number of carbonyl (C=O) groups is 2. The summed E-state index contributed by atoms with van der Waals surface area (Å²) in [4.78, 5) is 22.9. The van der Waals surface area contributed by atoms with Crippen molar-refractivity contribution in [2.45, 2.75) is 25.3 Å². The number of fused-ring (bicyclic) bond motifs is 3. The van der Waals surface area contributed by atoms with Crippen LogP contribution in [0.25, 0.3) is 0 Å². The average molecular weight is 428 g/mol. The first-order valence-corrected chi connectivity index (χ1v) is 9.51. The van der Waals surface area contributed by atoms with Crippen molar-refractivity contribution in [3.8, 4) is 5.75 Å². The molecule has 0 fully saturated rings. The van der Waals surface area contributed by atoms with Gasteiger partial charge in [0.25, 0.3) is 0 Å². The van der Waals surface area contributed by atoms with E-state index in [0.29, 0.717) is 17.4 Å². The second-order valence-corrected chi connectivity index (χ2v) is 7.78. The number of carbonyl (C=O) groups excluding carboxylic acids is 1. The van der Waals surface area contributed by atoms with Crippen molar-refractivity contribution in [2.75, 3.05) is 5.32 Å². The van der Waals surface area contributed by atoms with Gasteiger partial charge in [0, 0.05) is 17.3 Å². The highest BCUT2D eigenvalue weighted by molar-refractivity contribution is 9.10. The molecule has 1 heterocycles. The zero-order valence-electron chi connectivity index (χ0n) is 14.6. The minimum atomic E-state index is -0.954. The number of hydrogen-bond acceptors (Lipinski definition) is 4. The molecule has 0 bridgehead atoms. The summed E-state index contributed by atoms with van der Waals surface area (Å²) in [6.45, 7) is 1.37. The molecule has 0 spiro atoms. The zero-order chi connectivity index (χ0) is 19.1. The predicted octanol–water partition coefficient (Wildman–Crippen LogP) is 4.90. The lowest BCUT2D eigenvalue weighted by molar-refractivity contribution is -0.131. The summed E-state index contributed by atoms with van der Waals surface area (Å²) < 4.78 is 5.88. The van der Waals surface area contributed by atoms with Gasteiger partial charge in [-0.15, -0.1) is 0 Å². The molecule has 2 aliphatic rings. The first-order chi connectivity index (χ1) is 12.9. The molecule has 0 radical (unpaired) electrons. The Morgan fingerprint density at radius 3 is 2.63 bits per heavy atom. The van der Waals surface area contributed by atoms with Gasteiger partial charge in [0.05, 0.1) is 17.3 Å². The second kappa shape index (κ2) is 6.85. The number of carboxylic acids is 1. The van der Waals surface area contributed by atoms with Crippen LogP contribution in [-0.4, -0.2) is 17.0 Å². The number of ether oxygens (including phenoxy) is 1. The third-order valence-corrected chi connectivity index (χ3v) is 5.62. The third kappa shape index (κ3) is 3.25. The number of nitrogens with one attached hydrogen (secondary N) is 1. The van der Waals surface area contributed by atoms with Gasteiger partial charge in [0.15, 0.2) is 0 Å². The van der Waals surface area contributed by atoms with Crippen molar-refractivity contribution in [3.05, 3.63) is 69.7 Å². The molecule has 1 aliphatic carbocycles. The van der Waals surface area contributed by atoms with Gasteiger partial charge >= 0.3 is 11.9 Å². The Labute approximate surface area is 165 Å². The second-order valence-electron chi connectivity index (χ2n) is 6.86. The molecular weight excluding hydrogens is 410 g/mol. The monoisotopic (exact) mass is 427 g/mol. The highest BCUT2D eigenvalue weighted by Gasteiger charge is 2.39. The Morgan fingerprint density at radius 1 is 1.22 bits per heavy atom. The molecule has 3 atom stereocenters. The Morgan fingerprint density at radius 2 is 1.96 bits per heavy atom. The first kappa shape index (κ1) is 17.8. The number of carboxylic acid groups (broad SMARTS) is 1. The summed E-state index contributed by atoms with van der Waals surface area (Å²) >= 11 is 3.44. The van der Waals surface area contributed by atoms with E-state index in [9.17, 15) is 14.7 Å². The summed E-state index contributed by atoms with van der Waals surface area (Å²) in [6.07, 6.45) is 5.25. The molecule has 2 N–H and O–H groups in total. The van der Waals surface area contributed by atoms with Crippen molar-refractivity contribution < 1.29 is 19.4 Å². The summed E-state index contributed by atoms with van der Waals surface area (Å²) in [5.41, 5.74) is 2.98. The number of hydrogen-bond donors (Lipinski definition) is 2. The van der Waals surface area contributed by atoms with Crippen LogP contribution >= 0.6 is 15.9 Å². The number of allylic oxidation sites excluding steroid dienone is 2. The standard InChI is InChI=1S/C21H18BrNO4/c1-11(24)27-14-7-5-12(6-8-14)19-16-4-2-3-15(16)17-9-13(22)10-18(21(25)26)20(17)23-19/h2-3,5-10,15-16,19,23H,4H2,1H3,(H,25,26)/t15-,16+,19+/m1/s1. The van der Waals surface area contributed by atoms with Crippen LogP contribution in [0.2, 0.25) is 0 Å². The van der Waals surface area contributed by atoms with Crippen LogP contribution < -0.4 is 10.1 Å². The molecule has 0 saturated heterocycles. The zero-order valence-corrected chi connectivity index (χ0v) is 16.2. The Hall–Kier alpha value is -2.60. The fraction of sp³-hybridized carbons (Fsp3) is 0.238. The molecule has 2 aromatic carbocycles. The van der Waals surface area contributed by atoms with Crippen molar-refractivity contribution in [1.29, 1.82) is 0 Å². The van der Waals surface area contributed by atoms with Gasteiger partial charge in [-0.25, -0.2) is 4.79 Å². The maximum atomic E-state index is 11.8. The summed E-state index contributed by atoms with van der Waals surface area (Å²) in [7, 11) is 0. The molecule has 27 heavy (non-hydrogen) atoms. The van der Waals surface area contributed by atoms with Crippen molar-refractivity contribution in [2.24, 2.45) is 5.92 Å². The maximum Gasteiger partial charge on any atom is 0.337 e. The fourth-order valence-corrected chi connectivity index (χ4v) is 4.55. The SMILES string of the molecule is CC(=O)Oc1ccc([C@@H]2Nc3c(C(=O)O)cc(Br)cc3[C@@H]3C=CC[C@@H]32)cc1. The molecular formula is C21H18BrNO4. The number of esters is 1. The van der Waals surface area contributed by atoms with E-state index in [0.717, 1.165) is 22.0 Å². The normalized spacial score (nSPS) is 22.5. The molecule has 1 aliphatic heterocycles. The van der Waals surface area contributed by atoms with Crippen LogP contribution in [0.1, 0.15) is 46.8 Å². The Bertz CT molecular complexity index is 951. The van der Waals surface area contributed by atoms with E-state index in [1.165, 1.54) is 6.92 Å². The van der Waals surface area contributed by atoms with Gasteiger partial charge in [-0.05, 0) is 47.7 Å². The van der Waals surface area contributed by atoms with E-state index in [1.54, 1.807) is 18.2 Å². The van der Waals surface area contributed by atoms with E-state index < -0.39 is 5.97 Å². The van der Waals surface area contributed by atoms with Crippen molar-refractivity contribution in [1.82, 2.24) is 0 Å². The Balaban J connectivity index is 1.75. The quantitative estimate of drug-likeness (QED) is 0.413. The van der Waals surface area contributed by atoms with Gasteiger partial charge in [-0.2, -0.15) is 0 Å². The molecule has 0 unspecified atom stereocenters. The average Bonchev–Trinajstić information content (AvgIpc) is 3.11. The van der Waals surface area contributed by atoms with Crippen molar-refractivity contribution in [3.63, 3.8) is 0 Å². The lowest BCUT2D eigenvalue weighted by atomic mass is 9.76. The molecule has 6 heteroatoms. The van der Waals surface area contributed by atoms with E-state index in [-0.39, 0.29) is 23.5 Å². The summed E-state index contributed by atoms with van der Waals surface area (Å²) in [5.74, 6) is -0.352. The van der Waals surface area contributed by atoms with Crippen LogP contribution in [0.4, 0.5) is 5.69 Å². The highest BCUT2D eigenvalue weighted by Crippen LogP contribution is 2.51. The van der Waals surface area contributed by atoms with E-state index in [2.05, 4.69) is 33.4 Å². The van der Waals surface area contributed by atoms with Gasteiger partial charge in [-0.3, -0.25) is 4.79 Å². The third-order valence-electron chi connectivity index (χ3n) is 5.16. The van der Waals surface area contributed by atoms with Gasteiger partial charge in [0.1, 0.15) is 5.75 Å². The molecule has 0 amide bonds. The minimum Gasteiger partial charge on any atom is -0.478 e. The lowest BCUT2D eigenvalue weighted by Gasteiger charge is -2.38. The minimum absolute atomic E-state index is 0.0249. The molecule has 0 saturated carbocycles. The van der Waals surface area contributed by atoms with Crippen LogP contribution in [0.15, 0.2) is 53.0 Å². The summed E-state index contributed by atoms with van der Waals surface area (Å²) in [5, 5.41) is 13.1. The summed E-state index contributed by atoms with van der Waals surface area (Å²) in [6, 6.07) is 11.0. The predicted molar refractivity (Wildman–Crippen MR) is 105 cm³/mol. The topological polar surface area (TPSA) is 75.6 Å². The number of benzene rings is 2. The van der Waals surface area contributed by atoms with Crippen LogP contribution in [-0.2, 0) is 4.79 Å². The van der Waals surface area contributed by atoms with Crippen molar-refractivity contribution >= 4 is 33.6 Å². The van der Waals surface area contributed by atoms with Crippen LogP contribution in [0.5, 0.6) is 5.75 Å². The van der Waals surface area contributed by atoms with E-state index >= 15 is 0 Å². The van der Waals surface area contributed by atoms with Crippen LogP contribution in [0, 0.1) is 5.92 Å². The maximum absolute atomic E-state index is 11.8. The lowest BCUT2D eigenvalue weighted by Crippen LogP contribution is -2.30. The van der Waals surface area contributed by atoms with E-state index in [4.69, 9.17) is 4.74 Å². The molecule has 4 rings (SSSR count). The number of aromatic carboxylic acids is 1. The van der Waals surface area contributed by atoms with Crippen LogP contribution in [0.3, 0.4) is 0 Å². The van der Waals surface area contributed by atoms with E-state index in [1.807, 2.05) is 18.2 Å². The van der Waals surface area contributed by atoms with Gasteiger partial charge in [-0.1, -0.05) is 40.2 Å². The number of anilines is 1. The fourth-order valence-electron chi connectivity index (χ4n) is 4.07. The smallest absolute Gasteiger partial charge is 0.337 e.